The molecule has 4 heteroatoms. The summed E-state index contributed by atoms with van der Waals surface area (Å²) in [7, 11) is 3.85. The maximum Gasteiger partial charge on any atom is 0.226 e. The number of carbonyl (C=O) groups is 1. The highest BCUT2D eigenvalue weighted by atomic mass is 16.1. The molecular weight excluding hydrogens is 190 g/mol. The summed E-state index contributed by atoms with van der Waals surface area (Å²) in [5.74, 6) is 0.866. The molecule has 15 heavy (non-hydrogen) atoms. The van der Waals surface area contributed by atoms with Gasteiger partial charge in [0.2, 0.25) is 5.91 Å². The number of hydrogen-bond acceptors (Lipinski definition) is 3. The number of nitrogens with zero attached hydrogens (tertiary/aromatic N) is 2. The average molecular weight is 207 g/mol. The highest BCUT2D eigenvalue weighted by molar-refractivity contribution is 5.91. The Morgan fingerprint density at radius 3 is 2.47 bits per heavy atom. The molecule has 1 aromatic heterocycles. The molecule has 1 rings (SSSR count). The topological polar surface area (TPSA) is 45.2 Å². The first kappa shape index (κ1) is 11.5. The Balaban J connectivity index is 2.69. The predicted molar refractivity (Wildman–Crippen MR) is 62.0 cm³/mol. The third kappa shape index (κ3) is 3.23. The number of aromatic nitrogens is 1. The monoisotopic (exact) mass is 207 g/mol. The van der Waals surface area contributed by atoms with Crippen molar-refractivity contribution in [1.82, 2.24) is 4.98 Å². The largest absolute Gasteiger partial charge is 0.363 e. The third-order valence-electron chi connectivity index (χ3n) is 2.00. The fourth-order valence-electron chi connectivity index (χ4n) is 1.01. The number of carbonyl (C=O) groups excluding carboxylic acids is 1. The Bertz CT molecular complexity index is 330. The van der Waals surface area contributed by atoms with Gasteiger partial charge in [-0.2, -0.15) is 0 Å². The van der Waals surface area contributed by atoms with Crippen LogP contribution in [-0.4, -0.2) is 25.0 Å². The molecule has 1 aromatic rings. The minimum absolute atomic E-state index is 0.00871. The summed E-state index contributed by atoms with van der Waals surface area (Å²) in [4.78, 5) is 17.5. The molecule has 0 bridgehead atoms. The Morgan fingerprint density at radius 1 is 1.40 bits per heavy atom. The van der Waals surface area contributed by atoms with Crippen LogP contribution in [0.1, 0.15) is 13.8 Å². The van der Waals surface area contributed by atoms with Crippen LogP contribution in [-0.2, 0) is 4.79 Å². The van der Waals surface area contributed by atoms with E-state index in [1.54, 1.807) is 6.20 Å². The van der Waals surface area contributed by atoms with E-state index in [1.807, 2.05) is 45.0 Å². The van der Waals surface area contributed by atoms with Crippen LogP contribution in [0, 0.1) is 5.92 Å². The second-order valence-electron chi connectivity index (χ2n) is 3.94. The van der Waals surface area contributed by atoms with Crippen molar-refractivity contribution in [1.29, 1.82) is 0 Å². The number of pyridine rings is 1. The van der Waals surface area contributed by atoms with Gasteiger partial charge < -0.3 is 10.2 Å². The zero-order chi connectivity index (χ0) is 11.4. The van der Waals surface area contributed by atoms with Crippen LogP contribution in [0.2, 0.25) is 0 Å². The second-order valence-corrected chi connectivity index (χ2v) is 3.94. The molecule has 0 spiro atoms. The summed E-state index contributed by atoms with van der Waals surface area (Å²) < 4.78 is 0. The Kier molecular flexibility index (Phi) is 3.66. The van der Waals surface area contributed by atoms with Gasteiger partial charge in [0.15, 0.2) is 0 Å². The molecule has 0 aliphatic rings. The normalized spacial score (nSPS) is 10.2. The van der Waals surface area contributed by atoms with Crippen LogP contribution in [0.25, 0.3) is 0 Å². The lowest BCUT2D eigenvalue weighted by molar-refractivity contribution is -0.118. The molecule has 0 saturated heterocycles. The maximum absolute atomic E-state index is 11.4. The first-order valence-corrected chi connectivity index (χ1v) is 4.95. The van der Waals surface area contributed by atoms with Gasteiger partial charge in [-0.1, -0.05) is 13.8 Å². The lowest BCUT2D eigenvalue weighted by Crippen LogP contribution is -2.18. The molecule has 0 atom stereocenters. The van der Waals surface area contributed by atoms with Crippen molar-refractivity contribution in [3.63, 3.8) is 0 Å². The maximum atomic E-state index is 11.4. The van der Waals surface area contributed by atoms with E-state index in [-0.39, 0.29) is 11.8 Å². The van der Waals surface area contributed by atoms with E-state index >= 15 is 0 Å². The Labute approximate surface area is 90.3 Å². The van der Waals surface area contributed by atoms with Gasteiger partial charge >= 0.3 is 0 Å². The van der Waals surface area contributed by atoms with Crippen molar-refractivity contribution in [3.8, 4) is 0 Å². The Morgan fingerprint density at radius 2 is 2.07 bits per heavy atom. The zero-order valence-corrected chi connectivity index (χ0v) is 9.61. The van der Waals surface area contributed by atoms with Gasteiger partial charge in [0.1, 0.15) is 5.82 Å². The van der Waals surface area contributed by atoms with Gasteiger partial charge in [-0.05, 0) is 12.1 Å². The Hall–Kier alpha value is -1.58. The minimum atomic E-state index is -0.0153. The smallest absolute Gasteiger partial charge is 0.226 e. The molecule has 1 heterocycles. The molecule has 4 nitrogen and oxygen atoms in total. The van der Waals surface area contributed by atoms with Crippen LogP contribution in [0.5, 0.6) is 0 Å². The number of anilines is 2. The minimum Gasteiger partial charge on any atom is -0.363 e. The summed E-state index contributed by atoms with van der Waals surface area (Å²) >= 11 is 0. The van der Waals surface area contributed by atoms with E-state index in [2.05, 4.69) is 10.3 Å². The molecule has 0 unspecified atom stereocenters. The summed E-state index contributed by atoms with van der Waals surface area (Å²) in [6.07, 6.45) is 1.66. The zero-order valence-electron chi connectivity index (χ0n) is 9.61. The van der Waals surface area contributed by atoms with Crippen LogP contribution >= 0.6 is 0 Å². The summed E-state index contributed by atoms with van der Waals surface area (Å²) in [5, 5.41) is 2.79. The first-order valence-electron chi connectivity index (χ1n) is 4.95. The van der Waals surface area contributed by atoms with Crippen molar-refractivity contribution in [2.45, 2.75) is 13.8 Å². The van der Waals surface area contributed by atoms with Crippen LogP contribution in [0.3, 0.4) is 0 Å². The van der Waals surface area contributed by atoms with E-state index in [0.29, 0.717) is 0 Å². The highest BCUT2D eigenvalue weighted by Gasteiger charge is 2.07. The number of nitrogens with one attached hydrogen (secondary N) is 1. The lowest BCUT2D eigenvalue weighted by Gasteiger charge is -2.12. The van der Waals surface area contributed by atoms with Gasteiger partial charge in [-0.25, -0.2) is 4.98 Å². The number of hydrogen-bond donors (Lipinski definition) is 1. The molecule has 0 fully saturated rings. The second kappa shape index (κ2) is 4.77. The van der Waals surface area contributed by atoms with Gasteiger partial charge in [-0.3, -0.25) is 4.79 Å². The van der Waals surface area contributed by atoms with Crippen molar-refractivity contribution in [3.05, 3.63) is 18.3 Å². The van der Waals surface area contributed by atoms with Gasteiger partial charge in [0.05, 0.1) is 11.9 Å². The standard InChI is InChI=1S/C11H17N3O/c1-8(2)11(15)13-9-5-6-10(12-7-9)14(3)4/h5-8H,1-4H3,(H,13,15). The average Bonchev–Trinajstić information content (AvgIpc) is 2.18. The van der Waals surface area contributed by atoms with Crippen LogP contribution in [0.4, 0.5) is 11.5 Å². The first-order chi connectivity index (χ1) is 7.00. The number of amides is 1. The molecular formula is C11H17N3O. The highest BCUT2D eigenvalue weighted by Crippen LogP contribution is 2.12. The molecule has 0 aliphatic heterocycles. The molecule has 82 valence electrons. The lowest BCUT2D eigenvalue weighted by atomic mass is 10.2. The summed E-state index contributed by atoms with van der Waals surface area (Å²) in [5.41, 5.74) is 0.735. The molecule has 0 saturated carbocycles. The quantitative estimate of drug-likeness (QED) is 0.821. The van der Waals surface area contributed by atoms with E-state index in [9.17, 15) is 4.79 Å². The van der Waals surface area contributed by atoms with Crippen molar-refractivity contribution in [2.24, 2.45) is 5.92 Å². The van der Waals surface area contributed by atoms with Gasteiger partial charge in [0, 0.05) is 20.0 Å². The molecule has 0 aliphatic carbocycles. The van der Waals surface area contributed by atoms with Gasteiger partial charge in [0.25, 0.3) is 0 Å². The predicted octanol–water partition coefficient (Wildman–Crippen LogP) is 1.74. The van der Waals surface area contributed by atoms with Gasteiger partial charge in [-0.15, -0.1) is 0 Å². The van der Waals surface area contributed by atoms with E-state index < -0.39 is 0 Å². The van der Waals surface area contributed by atoms with E-state index in [1.165, 1.54) is 0 Å². The van der Waals surface area contributed by atoms with Crippen LogP contribution in [0.15, 0.2) is 18.3 Å². The fourth-order valence-corrected chi connectivity index (χ4v) is 1.01. The third-order valence-corrected chi connectivity index (χ3v) is 2.00. The van der Waals surface area contributed by atoms with Crippen molar-refractivity contribution >= 4 is 17.4 Å². The molecule has 0 aromatic carbocycles. The van der Waals surface area contributed by atoms with Crippen molar-refractivity contribution < 1.29 is 4.79 Å². The number of rotatable bonds is 3. The van der Waals surface area contributed by atoms with Crippen molar-refractivity contribution in [2.75, 3.05) is 24.3 Å². The molecule has 1 N–H and O–H groups in total. The van der Waals surface area contributed by atoms with E-state index in [4.69, 9.17) is 0 Å². The summed E-state index contributed by atoms with van der Waals surface area (Å²) in [6.45, 7) is 3.72. The fraction of sp³-hybridized carbons (Fsp3) is 0.455. The SMILES string of the molecule is CC(C)C(=O)Nc1ccc(N(C)C)nc1. The van der Waals surface area contributed by atoms with E-state index in [0.717, 1.165) is 11.5 Å². The van der Waals surface area contributed by atoms with Crippen LogP contribution < -0.4 is 10.2 Å². The summed E-state index contributed by atoms with van der Waals surface area (Å²) in [6, 6.07) is 3.72. The molecule has 1 amide bonds. The molecule has 0 radical (unpaired) electrons.